The predicted molar refractivity (Wildman–Crippen MR) is 109 cm³/mol. The lowest BCUT2D eigenvalue weighted by atomic mass is 10.1. The Kier molecular flexibility index (Phi) is 7.28. The van der Waals surface area contributed by atoms with Crippen molar-refractivity contribution in [1.29, 1.82) is 0 Å². The number of Topliss-reactive ketones (excluding diaryl/α,β-unsaturated/α-hetero) is 1. The largest absolute Gasteiger partial charge is 0.496 e. The van der Waals surface area contributed by atoms with Crippen molar-refractivity contribution >= 4 is 23.2 Å². The summed E-state index contributed by atoms with van der Waals surface area (Å²) in [5.74, 6) is -0.721. The minimum atomic E-state index is -4.59. The fraction of sp³-hybridized carbons (Fsp3) is 0.476. The van der Waals surface area contributed by atoms with E-state index in [1.165, 1.54) is 25.6 Å². The van der Waals surface area contributed by atoms with E-state index in [4.69, 9.17) is 4.74 Å². The Hall–Kier alpha value is -2.42. The van der Waals surface area contributed by atoms with Crippen LogP contribution < -0.4 is 9.41 Å². The third-order valence-corrected chi connectivity index (χ3v) is 5.71. The van der Waals surface area contributed by atoms with Crippen LogP contribution in [0.5, 0.6) is 5.75 Å². The van der Waals surface area contributed by atoms with E-state index in [-0.39, 0.29) is 22.6 Å². The molecule has 0 saturated carbocycles. The van der Waals surface area contributed by atoms with Crippen LogP contribution in [0.4, 0.5) is 13.2 Å². The molecule has 1 heterocycles. The summed E-state index contributed by atoms with van der Waals surface area (Å²) in [5, 5.41) is 0. The van der Waals surface area contributed by atoms with Crippen LogP contribution >= 0.6 is 11.5 Å². The first-order chi connectivity index (χ1) is 13.8. The fourth-order valence-corrected chi connectivity index (χ4v) is 3.74. The van der Waals surface area contributed by atoms with Crippen molar-refractivity contribution in [3.63, 3.8) is 0 Å². The van der Waals surface area contributed by atoms with Crippen LogP contribution in [0.2, 0.25) is 0 Å². The average molecular weight is 443 g/mol. The molecule has 0 radical (unpaired) electrons. The maximum Gasteiger partial charge on any atom is 0.416 e. The van der Waals surface area contributed by atoms with Gasteiger partial charge in [0.1, 0.15) is 16.2 Å². The second-order valence-electron chi connectivity index (χ2n) is 7.93. The summed E-state index contributed by atoms with van der Waals surface area (Å²) in [6.45, 7) is 7.48. The zero-order valence-electron chi connectivity index (χ0n) is 17.6. The number of rotatable bonds is 6. The van der Waals surface area contributed by atoms with Gasteiger partial charge in [-0.05, 0) is 70.3 Å². The van der Waals surface area contributed by atoms with Crippen molar-refractivity contribution in [1.82, 2.24) is 3.96 Å². The van der Waals surface area contributed by atoms with Gasteiger partial charge >= 0.3 is 6.18 Å². The van der Waals surface area contributed by atoms with Crippen molar-refractivity contribution in [2.75, 3.05) is 7.11 Å². The van der Waals surface area contributed by atoms with E-state index in [1.807, 2.05) is 30.9 Å². The van der Waals surface area contributed by atoms with Gasteiger partial charge in [0.05, 0.1) is 18.2 Å². The first-order valence-corrected chi connectivity index (χ1v) is 10.2. The van der Waals surface area contributed by atoms with E-state index < -0.39 is 17.6 Å². The second-order valence-corrected chi connectivity index (χ2v) is 8.90. The highest BCUT2D eigenvalue weighted by Gasteiger charge is 2.32. The van der Waals surface area contributed by atoms with E-state index in [9.17, 15) is 22.8 Å². The van der Waals surface area contributed by atoms with Crippen molar-refractivity contribution in [3.05, 3.63) is 45.8 Å². The van der Waals surface area contributed by atoms with Gasteiger partial charge in [-0.15, -0.1) is 0 Å². The molecule has 0 aliphatic rings. The van der Waals surface area contributed by atoms with Crippen LogP contribution in [-0.4, -0.2) is 22.8 Å². The van der Waals surface area contributed by atoms with Gasteiger partial charge in [0, 0.05) is 23.7 Å². The van der Waals surface area contributed by atoms with Crippen LogP contribution in [-0.2, 0) is 22.9 Å². The third-order valence-electron chi connectivity index (χ3n) is 4.33. The molecule has 0 spiro atoms. The Morgan fingerprint density at radius 3 is 2.40 bits per heavy atom. The number of ether oxygens (including phenoxy) is 1. The highest BCUT2D eigenvalue weighted by molar-refractivity contribution is 7.04. The number of nitrogens with zero attached hydrogens (tertiary/aromatic N) is 2. The summed E-state index contributed by atoms with van der Waals surface area (Å²) in [6, 6.07) is 2.73. The van der Waals surface area contributed by atoms with E-state index in [0.717, 1.165) is 23.8 Å². The first-order valence-electron chi connectivity index (χ1n) is 9.39. The Balaban J connectivity index is 2.52. The first kappa shape index (κ1) is 23.9. The number of ketones is 1. The number of amides is 1. The topological polar surface area (TPSA) is 60.7 Å². The maximum absolute atomic E-state index is 13.1. The molecule has 1 amide bonds. The lowest BCUT2D eigenvalue weighted by Crippen LogP contribution is -2.18. The van der Waals surface area contributed by atoms with E-state index in [1.54, 1.807) is 0 Å². The number of hydrogen-bond acceptors (Lipinski definition) is 4. The third kappa shape index (κ3) is 6.04. The Morgan fingerprint density at radius 1 is 1.20 bits per heavy atom. The van der Waals surface area contributed by atoms with E-state index >= 15 is 0 Å². The smallest absolute Gasteiger partial charge is 0.416 e. The molecule has 1 aromatic carbocycles. The molecule has 1 aromatic heterocycles. The predicted octanol–water partition coefficient (Wildman–Crippen LogP) is 4.98. The Morgan fingerprint density at radius 2 is 1.87 bits per heavy atom. The van der Waals surface area contributed by atoms with Gasteiger partial charge in [0.2, 0.25) is 0 Å². The fourth-order valence-electron chi connectivity index (χ4n) is 2.70. The Labute approximate surface area is 177 Å². The highest BCUT2D eigenvalue weighted by atomic mass is 32.1. The number of aryl methyl sites for hydroxylation is 1. The molecule has 2 rings (SSSR count). The number of halogens is 3. The van der Waals surface area contributed by atoms with Gasteiger partial charge in [-0.2, -0.15) is 18.2 Å². The van der Waals surface area contributed by atoms with E-state index in [0.29, 0.717) is 23.9 Å². The molecule has 9 heteroatoms. The van der Waals surface area contributed by atoms with Crippen molar-refractivity contribution < 1.29 is 27.5 Å². The summed E-state index contributed by atoms with van der Waals surface area (Å²) in [5.41, 5.74) is -0.683. The monoisotopic (exact) mass is 442 g/mol. The summed E-state index contributed by atoms with van der Waals surface area (Å²) in [6.07, 6.45) is -1.18. The SMILES string of the molecule is COc1ccc(C(F)(F)F)cc1C(=O)N=c1sn(C(C)(C)C)cc1CCCC(C)=O. The Bertz CT molecular complexity index is 998. The van der Waals surface area contributed by atoms with E-state index in [2.05, 4.69) is 4.99 Å². The molecule has 0 bridgehead atoms. The molecule has 0 unspecified atom stereocenters. The summed E-state index contributed by atoms with van der Waals surface area (Å²) < 4.78 is 46.7. The van der Waals surface area contributed by atoms with Gasteiger partial charge in [0.25, 0.3) is 5.91 Å². The molecule has 0 fully saturated rings. The molecule has 0 atom stereocenters. The molecule has 0 saturated heterocycles. The molecular formula is C21H25F3N2O3S. The molecule has 5 nitrogen and oxygen atoms in total. The van der Waals surface area contributed by atoms with Crippen molar-refractivity contribution in [3.8, 4) is 5.75 Å². The van der Waals surface area contributed by atoms with Crippen LogP contribution in [0.15, 0.2) is 29.4 Å². The minimum absolute atomic E-state index is 0.0233. The quantitative estimate of drug-likeness (QED) is 0.634. The van der Waals surface area contributed by atoms with Gasteiger partial charge in [-0.3, -0.25) is 8.75 Å². The molecule has 0 N–H and O–H groups in total. The summed E-state index contributed by atoms with van der Waals surface area (Å²) >= 11 is 1.25. The lowest BCUT2D eigenvalue weighted by Gasteiger charge is -2.19. The highest BCUT2D eigenvalue weighted by Crippen LogP contribution is 2.32. The minimum Gasteiger partial charge on any atom is -0.496 e. The number of aromatic nitrogens is 1. The van der Waals surface area contributed by atoms with Crippen molar-refractivity contribution in [2.24, 2.45) is 4.99 Å². The number of methoxy groups -OCH3 is 1. The average Bonchev–Trinajstić information content (AvgIpc) is 3.03. The number of hydrogen-bond donors (Lipinski definition) is 0. The molecule has 164 valence electrons. The zero-order chi connectivity index (χ0) is 22.7. The molecule has 2 aromatic rings. The van der Waals surface area contributed by atoms with Crippen molar-refractivity contribution in [2.45, 2.75) is 58.7 Å². The van der Waals surface area contributed by atoms with Crippen LogP contribution in [0.3, 0.4) is 0 Å². The number of carbonyl (C=O) groups excluding carboxylic acids is 2. The molecule has 0 aliphatic carbocycles. The maximum atomic E-state index is 13.1. The van der Waals surface area contributed by atoms with Crippen LogP contribution in [0.25, 0.3) is 0 Å². The summed E-state index contributed by atoms with van der Waals surface area (Å²) in [4.78, 5) is 28.2. The van der Waals surface area contributed by atoms with Gasteiger partial charge in [0.15, 0.2) is 0 Å². The standard InChI is InChI=1S/C21H25F3N2O3S/c1-13(27)7-6-8-14-12-26(20(2,3)4)30-19(14)25-18(28)16-11-15(21(22,23)24)9-10-17(16)29-5/h9-12H,6-8H2,1-5H3. The molecule has 0 aliphatic heterocycles. The number of alkyl halides is 3. The van der Waals surface area contributed by atoms with Crippen LogP contribution in [0, 0.1) is 0 Å². The lowest BCUT2D eigenvalue weighted by molar-refractivity contribution is -0.137. The molecule has 30 heavy (non-hydrogen) atoms. The molecular weight excluding hydrogens is 417 g/mol. The van der Waals surface area contributed by atoms with Crippen LogP contribution in [0.1, 0.15) is 62.0 Å². The second kappa shape index (κ2) is 9.16. The normalized spacial score (nSPS) is 12.9. The number of carbonyl (C=O) groups is 2. The zero-order valence-corrected chi connectivity index (χ0v) is 18.4. The van der Waals surface area contributed by atoms with Gasteiger partial charge in [-0.25, -0.2) is 0 Å². The number of benzene rings is 1. The van der Waals surface area contributed by atoms with Gasteiger partial charge in [-0.1, -0.05) is 0 Å². The van der Waals surface area contributed by atoms with Gasteiger partial charge < -0.3 is 9.53 Å². The summed E-state index contributed by atoms with van der Waals surface area (Å²) in [7, 11) is 1.28.